The second-order valence-corrected chi connectivity index (χ2v) is 15.7. The van der Waals surface area contributed by atoms with Crippen LogP contribution in [0.3, 0.4) is 0 Å². The number of aliphatic imine (C=N–C) groups is 1. The fourth-order valence-electron chi connectivity index (χ4n) is 8.78. The number of hydrogen-bond donors (Lipinski definition) is 0. The smallest absolute Gasteiger partial charge is 0.0818 e. The zero-order valence-corrected chi connectivity index (χ0v) is 32.0. The average Bonchev–Trinajstić information content (AvgIpc) is 3.67. The molecule has 2 aromatic heterocycles. The highest BCUT2D eigenvalue weighted by Crippen LogP contribution is 2.55. The average molecular weight is 745 g/mol. The van der Waals surface area contributed by atoms with Gasteiger partial charge in [-0.05, 0) is 78.3 Å². The van der Waals surface area contributed by atoms with Crippen molar-refractivity contribution in [3.63, 3.8) is 0 Å². The van der Waals surface area contributed by atoms with Crippen molar-refractivity contribution in [1.82, 2.24) is 4.98 Å². The summed E-state index contributed by atoms with van der Waals surface area (Å²) in [7, 11) is 0. The van der Waals surface area contributed by atoms with Crippen LogP contribution in [0.4, 0.5) is 0 Å². The van der Waals surface area contributed by atoms with Crippen LogP contribution in [0, 0.1) is 0 Å². The van der Waals surface area contributed by atoms with Crippen molar-refractivity contribution in [3.05, 3.63) is 193 Å². The molecule has 3 heteroatoms. The lowest BCUT2D eigenvalue weighted by atomic mass is 9.87. The molecule has 0 fully saturated rings. The van der Waals surface area contributed by atoms with Crippen LogP contribution in [0.2, 0.25) is 0 Å². The van der Waals surface area contributed by atoms with E-state index in [1.54, 1.807) is 0 Å². The highest BCUT2D eigenvalue weighted by Gasteiger charge is 2.26. The van der Waals surface area contributed by atoms with E-state index in [4.69, 9.17) is 4.98 Å². The van der Waals surface area contributed by atoms with Crippen LogP contribution in [0.1, 0.15) is 17.7 Å². The van der Waals surface area contributed by atoms with E-state index in [-0.39, 0.29) is 0 Å². The van der Waals surface area contributed by atoms with Crippen LogP contribution in [0.25, 0.3) is 104 Å². The molecule has 0 saturated carbocycles. The molecule has 8 aromatic carbocycles. The summed E-state index contributed by atoms with van der Waals surface area (Å²) in [6.45, 7) is 0.539. The summed E-state index contributed by atoms with van der Waals surface area (Å²) in [6.07, 6.45) is 11.2. The van der Waals surface area contributed by atoms with Gasteiger partial charge in [-0.25, -0.2) is 0 Å². The van der Waals surface area contributed by atoms with Gasteiger partial charge in [0.1, 0.15) is 0 Å². The Bertz CT molecular complexity index is 3210. The van der Waals surface area contributed by atoms with Crippen molar-refractivity contribution in [2.75, 3.05) is 0 Å². The number of pyridine rings is 1. The molecule has 0 saturated heterocycles. The van der Waals surface area contributed by atoms with Gasteiger partial charge in [0.25, 0.3) is 0 Å². The third-order valence-corrected chi connectivity index (χ3v) is 12.7. The lowest BCUT2D eigenvalue weighted by molar-refractivity contribution is 0.993. The molecule has 1 aliphatic heterocycles. The van der Waals surface area contributed by atoms with Crippen LogP contribution in [0.15, 0.2) is 187 Å². The van der Waals surface area contributed by atoms with E-state index in [2.05, 4.69) is 187 Å². The van der Waals surface area contributed by atoms with Gasteiger partial charge in [-0.15, -0.1) is 11.3 Å². The van der Waals surface area contributed by atoms with Crippen LogP contribution < -0.4 is 0 Å². The third-order valence-electron chi connectivity index (χ3n) is 11.4. The summed E-state index contributed by atoms with van der Waals surface area (Å²) < 4.78 is 0. The van der Waals surface area contributed by atoms with E-state index in [0.717, 1.165) is 28.9 Å². The lowest BCUT2D eigenvalue weighted by Gasteiger charge is -2.15. The first-order valence-electron chi connectivity index (χ1n) is 19.6. The molecule has 0 atom stereocenters. The predicted molar refractivity (Wildman–Crippen MR) is 245 cm³/mol. The SMILES string of the molecule is C1=NCc2nc(-c3ccc(-c4sc(-c5ccc6ccc7cccc8ccc5c6c78)c(-c5ccccc5)c4-c4ccccc4)c4ccccc34)ccc2/C=C\C/C=C\1. The normalized spacial score (nSPS) is 14.0. The Morgan fingerprint density at radius 1 is 0.456 bits per heavy atom. The van der Waals surface area contributed by atoms with Crippen LogP contribution >= 0.6 is 11.3 Å². The first kappa shape index (κ1) is 33.4. The van der Waals surface area contributed by atoms with Gasteiger partial charge in [0.15, 0.2) is 0 Å². The molecule has 1 aliphatic rings. The van der Waals surface area contributed by atoms with Gasteiger partial charge in [0, 0.05) is 43.8 Å². The van der Waals surface area contributed by atoms with Crippen molar-refractivity contribution in [3.8, 4) is 54.4 Å². The Labute approximate surface area is 335 Å². The van der Waals surface area contributed by atoms with E-state index in [1.807, 2.05) is 23.6 Å². The van der Waals surface area contributed by atoms with E-state index in [0.29, 0.717) is 6.54 Å². The quantitative estimate of drug-likeness (QED) is 0.161. The summed E-state index contributed by atoms with van der Waals surface area (Å²) in [5.41, 5.74) is 11.6. The molecule has 0 aliphatic carbocycles. The zero-order valence-electron chi connectivity index (χ0n) is 31.2. The van der Waals surface area contributed by atoms with Gasteiger partial charge >= 0.3 is 0 Å². The summed E-state index contributed by atoms with van der Waals surface area (Å²) in [6, 6.07) is 60.2. The monoisotopic (exact) mass is 744 g/mol. The van der Waals surface area contributed by atoms with Gasteiger partial charge in [0.05, 0.1) is 17.9 Å². The number of hydrogen-bond acceptors (Lipinski definition) is 3. The second kappa shape index (κ2) is 14.0. The zero-order chi connectivity index (χ0) is 37.7. The van der Waals surface area contributed by atoms with Crippen molar-refractivity contribution >= 4 is 66.7 Å². The lowest BCUT2D eigenvalue weighted by Crippen LogP contribution is -1.97. The van der Waals surface area contributed by atoms with Gasteiger partial charge in [0.2, 0.25) is 0 Å². The third kappa shape index (κ3) is 5.70. The van der Waals surface area contributed by atoms with E-state index < -0.39 is 0 Å². The number of allylic oxidation sites excluding steroid dienone is 3. The molecule has 2 nitrogen and oxygen atoms in total. The molecule has 11 rings (SSSR count). The topological polar surface area (TPSA) is 25.2 Å². The molecule has 0 spiro atoms. The van der Waals surface area contributed by atoms with E-state index >= 15 is 0 Å². The number of rotatable bonds is 5. The Hall–Kier alpha value is -6.94. The maximum atomic E-state index is 5.25. The summed E-state index contributed by atoms with van der Waals surface area (Å²) in [5.74, 6) is 0. The fraction of sp³-hybridized carbons (Fsp3) is 0.0370. The first-order chi connectivity index (χ1) is 28.3. The molecule has 3 heterocycles. The van der Waals surface area contributed by atoms with Crippen molar-refractivity contribution in [1.29, 1.82) is 0 Å². The Morgan fingerprint density at radius 3 is 1.79 bits per heavy atom. The Balaban J connectivity index is 1.18. The first-order valence-corrected chi connectivity index (χ1v) is 20.4. The predicted octanol–water partition coefficient (Wildman–Crippen LogP) is 15.1. The molecule has 0 radical (unpaired) electrons. The van der Waals surface area contributed by atoms with Gasteiger partial charge in [-0.1, -0.05) is 176 Å². The number of benzene rings is 8. The minimum Gasteiger partial charge on any atom is -0.287 e. The summed E-state index contributed by atoms with van der Waals surface area (Å²) >= 11 is 1.91. The van der Waals surface area contributed by atoms with Gasteiger partial charge in [-0.3, -0.25) is 9.98 Å². The van der Waals surface area contributed by atoms with E-state index in [1.165, 1.54) is 86.2 Å². The molecule has 268 valence electrons. The molecular weight excluding hydrogens is 709 g/mol. The highest BCUT2D eigenvalue weighted by molar-refractivity contribution is 7.20. The standard InChI is InChI=1S/C54H36N2S/c1-2-12-33-55-34-48-35(14-5-1)27-32-47(56-48)43-30-31-45(42-22-11-10-21-41(42)43)53-51(36-15-6-3-7-16-36)52(37-17-8-4-9-18-37)54(57-53)46-29-26-40-24-23-38-19-13-20-39-25-28-44(46)50(40)49(38)39/h2-33H,1,34H2/b12-2-,14-5-,55-33?. The molecule has 0 amide bonds. The molecule has 0 bridgehead atoms. The minimum atomic E-state index is 0.539. The number of thiophene rings is 1. The largest absolute Gasteiger partial charge is 0.287 e. The van der Waals surface area contributed by atoms with Crippen LogP contribution in [-0.4, -0.2) is 11.2 Å². The van der Waals surface area contributed by atoms with Gasteiger partial charge in [-0.2, -0.15) is 0 Å². The van der Waals surface area contributed by atoms with Crippen molar-refractivity contribution in [2.45, 2.75) is 13.0 Å². The fourth-order valence-corrected chi connectivity index (χ4v) is 10.2. The van der Waals surface area contributed by atoms with Crippen molar-refractivity contribution in [2.24, 2.45) is 4.99 Å². The summed E-state index contributed by atoms with van der Waals surface area (Å²) in [5, 5.41) is 10.2. The number of aromatic nitrogens is 1. The molecular formula is C54H36N2S. The number of nitrogens with zero attached hydrogens (tertiary/aromatic N) is 2. The van der Waals surface area contributed by atoms with Crippen molar-refractivity contribution < 1.29 is 0 Å². The maximum absolute atomic E-state index is 5.25. The molecule has 0 unspecified atom stereocenters. The van der Waals surface area contributed by atoms with E-state index in [9.17, 15) is 0 Å². The molecule has 10 aromatic rings. The molecule has 0 N–H and O–H groups in total. The van der Waals surface area contributed by atoms with Crippen LogP contribution in [-0.2, 0) is 6.54 Å². The summed E-state index contributed by atoms with van der Waals surface area (Å²) in [4.78, 5) is 12.4. The Morgan fingerprint density at radius 2 is 1.05 bits per heavy atom. The Kier molecular flexibility index (Phi) is 8.19. The molecule has 57 heavy (non-hydrogen) atoms. The number of fused-ring (bicyclic) bond motifs is 2. The maximum Gasteiger partial charge on any atom is 0.0818 e. The minimum absolute atomic E-state index is 0.539. The highest BCUT2D eigenvalue weighted by atomic mass is 32.1. The second-order valence-electron chi connectivity index (χ2n) is 14.7. The van der Waals surface area contributed by atoms with Gasteiger partial charge < -0.3 is 0 Å². The van der Waals surface area contributed by atoms with Crippen LogP contribution in [0.5, 0.6) is 0 Å².